The van der Waals surface area contributed by atoms with Crippen LogP contribution in [0.15, 0.2) is 53.9 Å². The van der Waals surface area contributed by atoms with Gasteiger partial charge in [-0.3, -0.25) is 9.78 Å². The normalized spacial score (nSPS) is 10.9. The first-order chi connectivity index (χ1) is 10.7. The van der Waals surface area contributed by atoms with Crippen molar-refractivity contribution in [1.82, 2.24) is 10.4 Å². The number of para-hydroxylation sites is 1. The number of nitrogens with one attached hydrogen (secondary N) is 1. The zero-order valence-corrected chi connectivity index (χ0v) is 12.7. The fourth-order valence-electron chi connectivity index (χ4n) is 1.90. The molecule has 0 bridgehead atoms. The zero-order chi connectivity index (χ0) is 15.8. The minimum atomic E-state index is -0.307. The van der Waals surface area contributed by atoms with Gasteiger partial charge in [-0.25, -0.2) is 5.43 Å². The van der Waals surface area contributed by atoms with E-state index in [1.807, 2.05) is 30.3 Å². The Bertz CT molecular complexity index is 639. The largest absolute Gasteiger partial charge is 0.483 e. The highest BCUT2D eigenvalue weighted by Gasteiger charge is 2.08. The van der Waals surface area contributed by atoms with Crippen molar-refractivity contribution in [2.24, 2.45) is 5.10 Å². The summed E-state index contributed by atoms with van der Waals surface area (Å²) < 4.78 is 5.56. The first-order valence-corrected chi connectivity index (χ1v) is 7.10. The predicted molar refractivity (Wildman–Crippen MR) is 86.0 cm³/mol. The maximum absolute atomic E-state index is 11.7. The number of ether oxygens (including phenoxy) is 1. The third-order valence-electron chi connectivity index (χ3n) is 2.99. The molecule has 1 amide bonds. The molecule has 0 unspecified atom stereocenters. The number of aromatic nitrogens is 1. The van der Waals surface area contributed by atoms with Gasteiger partial charge in [-0.05, 0) is 23.6 Å². The third-order valence-corrected chi connectivity index (χ3v) is 2.99. The van der Waals surface area contributed by atoms with Crippen LogP contribution >= 0.6 is 0 Å². The van der Waals surface area contributed by atoms with E-state index in [-0.39, 0.29) is 12.5 Å². The van der Waals surface area contributed by atoms with E-state index in [1.165, 1.54) is 6.21 Å². The third kappa shape index (κ3) is 4.70. The van der Waals surface area contributed by atoms with Gasteiger partial charge in [0, 0.05) is 18.0 Å². The highest BCUT2D eigenvalue weighted by atomic mass is 16.5. The lowest BCUT2D eigenvalue weighted by molar-refractivity contribution is -0.123. The fourth-order valence-corrected chi connectivity index (χ4v) is 1.90. The number of nitrogens with zero attached hydrogens (tertiary/aromatic N) is 2. The molecule has 5 nitrogen and oxygen atoms in total. The van der Waals surface area contributed by atoms with Gasteiger partial charge in [0.05, 0.1) is 6.21 Å². The van der Waals surface area contributed by atoms with E-state index in [0.717, 1.165) is 16.9 Å². The van der Waals surface area contributed by atoms with E-state index in [9.17, 15) is 4.79 Å². The number of pyridine rings is 1. The lowest BCUT2D eigenvalue weighted by Gasteiger charge is -2.12. The number of hydrogen-bond acceptors (Lipinski definition) is 4. The minimum absolute atomic E-state index is 0.0753. The number of hydrazone groups is 1. The molecule has 0 aliphatic rings. The molecule has 0 aliphatic heterocycles. The van der Waals surface area contributed by atoms with Crippen molar-refractivity contribution < 1.29 is 9.53 Å². The summed E-state index contributed by atoms with van der Waals surface area (Å²) in [5.74, 6) is 0.755. The molecule has 0 aliphatic carbocycles. The van der Waals surface area contributed by atoms with Crippen LogP contribution in [-0.4, -0.2) is 23.7 Å². The average Bonchev–Trinajstić information content (AvgIpc) is 2.54. The Labute approximate surface area is 130 Å². The van der Waals surface area contributed by atoms with Crippen molar-refractivity contribution in [1.29, 1.82) is 0 Å². The summed E-state index contributed by atoms with van der Waals surface area (Å²) in [4.78, 5) is 15.7. The van der Waals surface area contributed by atoms with Gasteiger partial charge in [-0.2, -0.15) is 5.10 Å². The van der Waals surface area contributed by atoms with Gasteiger partial charge in [0.25, 0.3) is 5.91 Å². The average molecular weight is 297 g/mol. The SMILES string of the molecule is CC(C)c1ccccc1OCC(=O)N/N=C/c1cccnc1. The summed E-state index contributed by atoms with van der Waals surface area (Å²) >= 11 is 0. The molecule has 114 valence electrons. The molecule has 0 fully saturated rings. The van der Waals surface area contributed by atoms with Gasteiger partial charge >= 0.3 is 0 Å². The van der Waals surface area contributed by atoms with Crippen LogP contribution in [0.4, 0.5) is 0 Å². The van der Waals surface area contributed by atoms with Crippen molar-refractivity contribution in [2.75, 3.05) is 6.61 Å². The van der Waals surface area contributed by atoms with Gasteiger partial charge in [0.2, 0.25) is 0 Å². The Morgan fingerprint density at radius 1 is 1.32 bits per heavy atom. The summed E-state index contributed by atoms with van der Waals surface area (Å²) in [5, 5.41) is 3.87. The maximum Gasteiger partial charge on any atom is 0.277 e. The summed E-state index contributed by atoms with van der Waals surface area (Å²) in [7, 11) is 0. The number of amides is 1. The first kappa shape index (κ1) is 15.7. The molecule has 1 aromatic carbocycles. The smallest absolute Gasteiger partial charge is 0.277 e. The molecule has 0 saturated carbocycles. The Morgan fingerprint density at radius 3 is 2.86 bits per heavy atom. The van der Waals surface area contributed by atoms with Crippen molar-refractivity contribution in [3.05, 3.63) is 59.9 Å². The van der Waals surface area contributed by atoms with Crippen molar-refractivity contribution in [2.45, 2.75) is 19.8 Å². The second kappa shape index (κ2) is 7.93. The van der Waals surface area contributed by atoms with Crippen molar-refractivity contribution >= 4 is 12.1 Å². The second-order valence-electron chi connectivity index (χ2n) is 5.06. The van der Waals surface area contributed by atoms with E-state index in [2.05, 4.69) is 29.4 Å². The molecule has 2 rings (SSSR count). The Morgan fingerprint density at radius 2 is 2.14 bits per heavy atom. The summed E-state index contributed by atoms with van der Waals surface area (Å²) in [6, 6.07) is 11.4. The standard InChI is InChI=1S/C17H19N3O2/c1-13(2)15-7-3-4-8-16(15)22-12-17(21)20-19-11-14-6-5-9-18-10-14/h3-11,13H,12H2,1-2H3,(H,20,21)/b19-11+. The monoisotopic (exact) mass is 297 g/mol. The molecular weight excluding hydrogens is 278 g/mol. The Hall–Kier alpha value is -2.69. The second-order valence-corrected chi connectivity index (χ2v) is 5.06. The van der Waals surface area contributed by atoms with Gasteiger partial charge in [-0.15, -0.1) is 0 Å². The number of hydrogen-bond donors (Lipinski definition) is 1. The molecule has 0 saturated heterocycles. The number of benzene rings is 1. The molecule has 1 N–H and O–H groups in total. The van der Waals surface area contributed by atoms with E-state index >= 15 is 0 Å². The predicted octanol–water partition coefficient (Wildman–Crippen LogP) is 2.73. The molecule has 1 heterocycles. The van der Waals surface area contributed by atoms with Gasteiger partial charge in [0.1, 0.15) is 5.75 Å². The molecular formula is C17H19N3O2. The molecule has 5 heteroatoms. The minimum Gasteiger partial charge on any atom is -0.483 e. The van der Waals surface area contributed by atoms with Crippen LogP contribution in [0.2, 0.25) is 0 Å². The van der Waals surface area contributed by atoms with Crippen LogP contribution < -0.4 is 10.2 Å². The lowest BCUT2D eigenvalue weighted by atomic mass is 10.0. The molecule has 22 heavy (non-hydrogen) atoms. The number of rotatable bonds is 6. The topological polar surface area (TPSA) is 63.6 Å². The summed E-state index contributed by atoms with van der Waals surface area (Å²) in [6.45, 7) is 4.09. The molecule has 0 atom stereocenters. The highest BCUT2D eigenvalue weighted by molar-refractivity contribution is 5.82. The highest BCUT2D eigenvalue weighted by Crippen LogP contribution is 2.25. The van der Waals surface area contributed by atoms with Crippen LogP contribution in [0.3, 0.4) is 0 Å². The molecule has 0 radical (unpaired) electrons. The fraction of sp³-hybridized carbons (Fsp3) is 0.235. The summed E-state index contributed by atoms with van der Waals surface area (Å²) in [5.41, 5.74) is 4.32. The maximum atomic E-state index is 11.7. The van der Waals surface area contributed by atoms with Crippen LogP contribution in [0.5, 0.6) is 5.75 Å². The summed E-state index contributed by atoms with van der Waals surface area (Å²) in [6.07, 6.45) is 4.87. The van der Waals surface area contributed by atoms with E-state index in [1.54, 1.807) is 18.5 Å². The van der Waals surface area contributed by atoms with Gasteiger partial charge < -0.3 is 4.74 Å². The van der Waals surface area contributed by atoms with Crippen molar-refractivity contribution in [3.63, 3.8) is 0 Å². The molecule has 1 aromatic heterocycles. The number of carbonyl (C=O) groups excluding carboxylic acids is 1. The first-order valence-electron chi connectivity index (χ1n) is 7.10. The van der Waals surface area contributed by atoms with E-state index < -0.39 is 0 Å². The van der Waals surface area contributed by atoms with Crippen LogP contribution in [-0.2, 0) is 4.79 Å². The Kier molecular flexibility index (Phi) is 5.65. The molecule has 0 spiro atoms. The van der Waals surface area contributed by atoms with Crippen molar-refractivity contribution in [3.8, 4) is 5.75 Å². The van der Waals surface area contributed by atoms with Gasteiger partial charge in [-0.1, -0.05) is 38.1 Å². The van der Waals surface area contributed by atoms with Crippen LogP contribution in [0.25, 0.3) is 0 Å². The quantitative estimate of drug-likeness (QED) is 0.658. The van der Waals surface area contributed by atoms with Gasteiger partial charge in [0.15, 0.2) is 6.61 Å². The number of carbonyl (C=O) groups is 1. The van der Waals surface area contributed by atoms with Crippen LogP contribution in [0, 0.1) is 0 Å². The lowest BCUT2D eigenvalue weighted by Crippen LogP contribution is -2.24. The zero-order valence-electron chi connectivity index (χ0n) is 12.7. The Balaban J connectivity index is 1.85. The molecule has 2 aromatic rings. The van der Waals surface area contributed by atoms with E-state index in [4.69, 9.17) is 4.74 Å². The van der Waals surface area contributed by atoms with Crippen LogP contribution in [0.1, 0.15) is 30.9 Å². The van der Waals surface area contributed by atoms with E-state index in [0.29, 0.717) is 5.92 Å².